The molecular formula is C49H46O7S2. The molecule has 0 aromatic heterocycles. The summed E-state index contributed by atoms with van der Waals surface area (Å²) in [5, 5.41) is 0. The van der Waals surface area contributed by atoms with Gasteiger partial charge in [0.05, 0.1) is 27.9 Å². The smallest absolute Gasteiger partial charge is 0.338 e. The van der Waals surface area contributed by atoms with Gasteiger partial charge in [-0.15, -0.1) is 23.5 Å². The molecule has 3 atom stereocenters. The Labute approximate surface area is 349 Å². The molecule has 0 aliphatic rings. The molecule has 0 bridgehead atoms. The van der Waals surface area contributed by atoms with E-state index in [-0.39, 0.29) is 12.2 Å². The standard InChI is InChI=1S/C49H46O7S2/c1-3-57-48(58-4-2)44(56-47(52)38-27-15-7-16-28-38)43(55-46(51)37-25-13-6-14-26-37)42(54-45(50)36-23-11-5-12-24-36)35-53-49(39-29-17-8-18-30-39,40-31-19-9-20-32-40)41-33-21-10-22-34-41/h5-34,42-44,48H,3-4,35H2,1-2H3/t42-,43-,44-/m1/s1. The van der Waals surface area contributed by atoms with Crippen LogP contribution in [-0.4, -0.2) is 58.9 Å². The van der Waals surface area contributed by atoms with E-state index in [0.717, 1.165) is 16.7 Å². The lowest BCUT2D eigenvalue weighted by atomic mass is 9.80. The number of esters is 3. The number of hydrogen-bond donors (Lipinski definition) is 0. The number of thioether (sulfide) groups is 2. The molecule has 0 spiro atoms. The van der Waals surface area contributed by atoms with Gasteiger partial charge in [-0.2, -0.15) is 0 Å². The zero-order valence-electron chi connectivity index (χ0n) is 32.4. The van der Waals surface area contributed by atoms with Gasteiger partial charge in [0.15, 0.2) is 18.3 Å². The van der Waals surface area contributed by atoms with Crippen LogP contribution in [0, 0.1) is 0 Å². The number of ether oxygens (including phenoxy) is 4. The first-order valence-corrected chi connectivity index (χ1v) is 21.4. The number of benzene rings is 6. The highest BCUT2D eigenvalue weighted by atomic mass is 32.2. The Balaban J connectivity index is 1.53. The Morgan fingerprint density at radius 1 is 0.448 bits per heavy atom. The lowest BCUT2D eigenvalue weighted by molar-refractivity contribution is -0.120. The van der Waals surface area contributed by atoms with E-state index in [1.165, 1.54) is 0 Å². The van der Waals surface area contributed by atoms with Gasteiger partial charge in [-0.3, -0.25) is 0 Å². The van der Waals surface area contributed by atoms with Gasteiger partial charge in [0.1, 0.15) is 5.60 Å². The Bertz CT molecular complexity index is 2050. The second-order valence-corrected chi connectivity index (χ2v) is 16.3. The molecule has 0 heterocycles. The summed E-state index contributed by atoms with van der Waals surface area (Å²) in [6.07, 6.45) is -3.73. The second-order valence-electron chi connectivity index (χ2n) is 13.2. The average Bonchev–Trinajstić information content (AvgIpc) is 3.29. The van der Waals surface area contributed by atoms with Crippen molar-refractivity contribution >= 4 is 41.4 Å². The highest BCUT2D eigenvalue weighted by Gasteiger charge is 2.46. The summed E-state index contributed by atoms with van der Waals surface area (Å²) in [6, 6.07) is 55.3. The van der Waals surface area contributed by atoms with E-state index in [1.54, 1.807) is 102 Å². The van der Waals surface area contributed by atoms with Gasteiger partial charge in [-0.05, 0) is 64.6 Å². The molecule has 0 unspecified atom stereocenters. The van der Waals surface area contributed by atoms with Gasteiger partial charge in [-0.1, -0.05) is 159 Å². The predicted molar refractivity (Wildman–Crippen MR) is 232 cm³/mol. The Kier molecular flexibility index (Phi) is 15.4. The molecule has 0 aliphatic heterocycles. The van der Waals surface area contributed by atoms with Crippen LogP contribution in [0.15, 0.2) is 182 Å². The zero-order valence-corrected chi connectivity index (χ0v) is 34.1. The molecule has 0 saturated heterocycles. The topological polar surface area (TPSA) is 88.1 Å². The molecular weight excluding hydrogens is 765 g/mol. The van der Waals surface area contributed by atoms with Crippen molar-refractivity contribution in [3.63, 3.8) is 0 Å². The highest BCUT2D eigenvalue weighted by molar-refractivity contribution is 8.17. The molecule has 7 nitrogen and oxygen atoms in total. The Hall–Kier alpha value is -5.61. The third-order valence-electron chi connectivity index (χ3n) is 9.40. The molecule has 6 rings (SSSR count). The molecule has 0 fully saturated rings. The van der Waals surface area contributed by atoms with Gasteiger partial charge < -0.3 is 18.9 Å². The minimum Gasteiger partial charge on any atom is -0.453 e. The van der Waals surface area contributed by atoms with E-state index in [1.807, 2.05) is 117 Å². The highest BCUT2D eigenvalue weighted by Crippen LogP contribution is 2.41. The monoisotopic (exact) mass is 810 g/mol. The van der Waals surface area contributed by atoms with E-state index in [0.29, 0.717) is 22.6 Å². The summed E-state index contributed by atoms with van der Waals surface area (Å²) in [5.41, 5.74) is 2.16. The number of carbonyl (C=O) groups is 3. The minimum absolute atomic E-state index is 0.274. The van der Waals surface area contributed by atoms with Crippen LogP contribution in [0.2, 0.25) is 0 Å². The normalized spacial score (nSPS) is 12.9. The van der Waals surface area contributed by atoms with E-state index < -0.39 is 46.4 Å². The van der Waals surface area contributed by atoms with Crippen LogP contribution in [0.1, 0.15) is 61.6 Å². The summed E-state index contributed by atoms with van der Waals surface area (Å²) < 4.78 is 26.2. The van der Waals surface area contributed by atoms with E-state index >= 15 is 0 Å². The molecule has 9 heteroatoms. The van der Waals surface area contributed by atoms with Crippen molar-refractivity contribution in [2.75, 3.05) is 18.1 Å². The number of carbonyl (C=O) groups excluding carboxylic acids is 3. The van der Waals surface area contributed by atoms with Crippen LogP contribution in [0.25, 0.3) is 0 Å². The third-order valence-corrected chi connectivity index (χ3v) is 12.1. The summed E-state index contributed by atoms with van der Waals surface area (Å²) in [5.74, 6) is -0.600. The largest absolute Gasteiger partial charge is 0.453 e. The summed E-state index contributed by atoms with van der Waals surface area (Å²) in [7, 11) is 0. The van der Waals surface area contributed by atoms with E-state index in [2.05, 4.69) is 0 Å². The van der Waals surface area contributed by atoms with Crippen LogP contribution in [0.4, 0.5) is 0 Å². The van der Waals surface area contributed by atoms with Gasteiger partial charge in [0, 0.05) is 0 Å². The summed E-state index contributed by atoms with van der Waals surface area (Å²) in [4.78, 5) is 42.5. The average molecular weight is 811 g/mol. The van der Waals surface area contributed by atoms with Gasteiger partial charge in [0.25, 0.3) is 0 Å². The first kappa shape index (κ1) is 42.0. The fourth-order valence-corrected chi connectivity index (χ4v) is 9.34. The molecule has 0 aliphatic carbocycles. The molecule has 6 aromatic rings. The quantitative estimate of drug-likeness (QED) is 0.0343. The predicted octanol–water partition coefficient (Wildman–Crippen LogP) is 10.5. The SMILES string of the molecule is CCSC(SCC)[C@H](OC(=O)c1ccccc1)[C@H](OC(=O)c1ccccc1)[C@@H](COC(c1ccccc1)(c1ccccc1)c1ccccc1)OC(=O)c1ccccc1. The maximum absolute atomic E-state index is 14.2. The summed E-state index contributed by atoms with van der Waals surface area (Å²) >= 11 is 3.12. The molecule has 296 valence electrons. The number of hydrogen-bond acceptors (Lipinski definition) is 9. The number of rotatable bonds is 19. The van der Waals surface area contributed by atoms with Crippen molar-refractivity contribution in [2.24, 2.45) is 0 Å². The molecule has 0 N–H and O–H groups in total. The fourth-order valence-electron chi connectivity index (χ4n) is 6.68. The molecule has 0 amide bonds. The minimum atomic E-state index is -1.34. The second kappa shape index (κ2) is 21.2. The van der Waals surface area contributed by atoms with Crippen molar-refractivity contribution < 1.29 is 33.3 Å². The third kappa shape index (κ3) is 10.5. The van der Waals surface area contributed by atoms with Crippen molar-refractivity contribution in [3.8, 4) is 0 Å². The summed E-state index contributed by atoms with van der Waals surface area (Å²) in [6.45, 7) is 3.75. The molecule has 0 radical (unpaired) electrons. The van der Waals surface area contributed by atoms with Crippen molar-refractivity contribution in [2.45, 2.75) is 42.3 Å². The first-order chi connectivity index (χ1) is 28.4. The zero-order chi connectivity index (χ0) is 40.6. The van der Waals surface area contributed by atoms with Gasteiger partial charge in [0.2, 0.25) is 0 Å². The molecule has 6 aromatic carbocycles. The van der Waals surface area contributed by atoms with Crippen LogP contribution in [0.5, 0.6) is 0 Å². The van der Waals surface area contributed by atoms with Crippen molar-refractivity contribution in [1.82, 2.24) is 0 Å². The van der Waals surface area contributed by atoms with Crippen molar-refractivity contribution in [1.29, 1.82) is 0 Å². The maximum Gasteiger partial charge on any atom is 0.338 e. The van der Waals surface area contributed by atoms with Gasteiger partial charge in [-0.25, -0.2) is 14.4 Å². The van der Waals surface area contributed by atoms with Crippen LogP contribution >= 0.6 is 23.5 Å². The molecule has 58 heavy (non-hydrogen) atoms. The first-order valence-electron chi connectivity index (χ1n) is 19.3. The van der Waals surface area contributed by atoms with E-state index in [9.17, 15) is 14.4 Å². The maximum atomic E-state index is 14.2. The van der Waals surface area contributed by atoms with Crippen LogP contribution < -0.4 is 0 Å². The van der Waals surface area contributed by atoms with Crippen LogP contribution in [-0.2, 0) is 24.5 Å². The lowest BCUT2D eigenvalue weighted by Gasteiger charge is -2.40. The Morgan fingerprint density at radius 2 is 0.759 bits per heavy atom. The lowest BCUT2D eigenvalue weighted by Crippen LogP contribution is -2.52. The fraction of sp³-hybridized carbons (Fsp3) is 0.204. The Morgan fingerprint density at radius 3 is 1.10 bits per heavy atom. The van der Waals surface area contributed by atoms with E-state index in [4.69, 9.17) is 18.9 Å². The molecule has 0 saturated carbocycles. The van der Waals surface area contributed by atoms with Gasteiger partial charge >= 0.3 is 17.9 Å². The van der Waals surface area contributed by atoms with Crippen LogP contribution in [0.3, 0.4) is 0 Å². The van der Waals surface area contributed by atoms with Crippen molar-refractivity contribution in [3.05, 3.63) is 215 Å².